The second-order valence-corrected chi connectivity index (χ2v) is 8.59. The van der Waals surface area contributed by atoms with Crippen molar-refractivity contribution in [2.75, 3.05) is 27.2 Å². The van der Waals surface area contributed by atoms with E-state index in [4.69, 9.17) is 16.0 Å². The molecular formula is C26H29ClN3O3+. The van der Waals surface area contributed by atoms with Gasteiger partial charge >= 0.3 is 0 Å². The Bertz CT molecular complexity index is 1120. The van der Waals surface area contributed by atoms with Gasteiger partial charge in [-0.2, -0.15) is 0 Å². The number of aryl methyl sites for hydroxylation is 1. The lowest BCUT2D eigenvalue weighted by Gasteiger charge is -2.12. The number of nitrogens with one attached hydrogen (secondary N) is 3. The summed E-state index contributed by atoms with van der Waals surface area (Å²) in [5.74, 6) is 0.357. The molecule has 0 radical (unpaired) electrons. The van der Waals surface area contributed by atoms with Gasteiger partial charge in [0, 0.05) is 35.2 Å². The van der Waals surface area contributed by atoms with Crippen molar-refractivity contribution < 1.29 is 18.9 Å². The maximum absolute atomic E-state index is 12.9. The van der Waals surface area contributed by atoms with Crippen LogP contribution >= 0.6 is 11.6 Å². The zero-order valence-electron chi connectivity index (χ0n) is 19.1. The molecule has 0 spiro atoms. The molecule has 0 saturated carbocycles. The smallest absolute Gasteiger partial charge is 0.267 e. The molecule has 2 amide bonds. The normalized spacial score (nSPS) is 11.5. The van der Waals surface area contributed by atoms with Gasteiger partial charge in [0.15, 0.2) is 0 Å². The van der Waals surface area contributed by atoms with Crippen LogP contribution in [0.5, 0.6) is 0 Å². The minimum atomic E-state index is -0.367. The number of rotatable bonds is 9. The first kappa shape index (κ1) is 24.3. The molecule has 172 valence electrons. The van der Waals surface area contributed by atoms with Crippen LogP contribution < -0.4 is 15.5 Å². The van der Waals surface area contributed by atoms with E-state index in [0.717, 1.165) is 24.1 Å². The van der Waals surface area contributed by atoms with Crippen LogP contribution in [0, 0.1) is 6.92 Å². The Balaban J connectivity index is 1.80. The summed E-state index contributed by atoms with van der Waals surface area (Å²) in [6, 6.07) is 18.0. The summed E-state index contributed by atoms with van der Waals surface area (Å²) in [5.41, 5.74) is 2.50. The average Bonchev–Trinajstić information content (AvgIpc) is 3.25. The number of benzene rings is 2. The predicted octanol–water partition coefficient (Wildman–Crippen LogP) is 3.33. The van der Waals surface area contributed by atoms with Crippen LogP contribution in [0.4, 0.5) is 0 Å². The van der Waals surface area contributed by atoms with Gasteiger partial charge in [-0.3, -0.25) is 9.59 Å². The monoisotopic (exact) mass is 466 g/mol. The van der Waals surface area contributed by atoms with Crippen LogP contribution in [-0.4, -0.2) is 39.0 Å². The van der Waals surface area contributed by atoms with Crippen LogP contribution in [0.15, 0.2) is 70.8 Å². The van der Waals surface area contributed by atoms with Gasteiger partial charge in [-0.1, -0.05) is 29.3 Å². The molecule has 0 aliphatic carbocycles. The molecule has 1 aromatic heterocycles. The second-order valence-electron chi connectivity index (χ2n) is 8.15. The summed E-state index contributed by atoms with van der Waals surface area (Å²) < 4.78 is 5.90. The molecule has 3 rings (SSSR count). The van der Waals surface area contributed by atoms with Crippen LogP contribution in [0.25, 0.3) is 17.4 Å². The van der Waals surface area contributed by atoms with Crippen LogP contribution in [0.1, 0.15) is 28.1 Å². The fraction of sp³-hybridized carbons (Fsp3) is 0.231. The zero-order chi connectivity index (χ0) is 23.8. The molecule has 0 saturated heterocycles. The van der Waals surface area contributed by atoms with Gasteiger partial charge < -0.3 is 20.0 Å². The lowest BCUT2D eigenvalue weighted by Crippen LogP contribution is -3.05. The first-order valence-electron chi connectivity index (χ1n) is 10.8. The maximum atomic E-state index is 12.9. The molecule has 1 heterocycles. The number of halogens is 1. The van der Waals surface area contributed by atoms with E-state index in [1.807, 2.05) is 37.3 Å². The molecule has 0 unspecified atom stereocenters. The third-order valence-electron chi connectivity index (χ3n) is 4.99. The van der Waals surface area contributed by atoms with Crippen molar-refractivity contribution in [3.63, 3.8) is 0 Å². The van der Waals surface area contributed by atoms with E-state index in [9.17, 15) is 9.59 Å². The predicted molar refractivity (Wildman–Crippen MR) is 131 cm³/mol. The van der Waals surface area contributed by atoms with Crippen molar-refractivity contribution in [2.24, 2.45) is 0 Å². The van der Waals surface area contributed by atoms with Crippen molar-refractivity contribution in [3.8, 4) is 11.3 Å². The van der Waals surface area contributed by atoms with Gasteiger partial charge in [-0.05, 0) is 55.5 Å². The van der Waals surface area contributed by atoms with Crippen LogP contribution in [0.3, 0.4) is 0 Å². The lowest BCUT2D eigenvalue weighted by atomic mass is 10.1. The minimum Gasteiger partial charge on any atom is -0.457 e. The number of hydrogen-bond acceptors (Lipinski definition) is 3. The Hall–Kier alpha value is -3.35. The summed E-state index contributed by atoms with van der Waals surface area (Å²) in [6.07, 6.45) is 2.37. The lowest BCUT2D eigenvalue weighted by molar-refractivity contribution is -0.858. The Morgan fingerprint density at radius 2 is 1.70 bits per heavy atom. The molecule has 33 heavy (non-hydrogen) atoms. The fourth-order valence-electron chi connectivity index (χ4n) is 3.14. The molecule has 0 fully saturated rings. The third-order valence-corrected chi connectivity index (χ3v) is 5.24. The molecule has 0 aliphatic rings. The van der Waals surface area contributed by atoms with E-state index < -0.39 is 0 Å². The number of carbonyl (C=O) groups is 2. The van der Waals surface area contributed by atoms with Crippen molar-refractivity contribution in [3.05, 3.63) is 88.3 Å². The average molecular weight is 467 g/mol. The van der Waals surface area contributed by atoms with Gasteiger partial charge in [0.1, 0.15) is 17.2 Å². The minimum absolute atomic E-state index is 0.120. The molecule has 3 N–H and O–H groups in total. The van der Waals surface area contributed by atoms with E-state index >= 15 is 0 Å². The van der Waals surface area contributed by atoms with Crippen molar-refractivity contribution in [2.45, 2.75) is 13.3 Å². The number of furan rings is 1. The number of hydrogen-bond donors (Lipinski definition) is 3. The van der Waals surface area contributed by atoms with Gasteiger partial charge in [0.2, 0.25) is 0 Å². The highest BCUT2D eigenvalue weighted by Crippen LogP contribution is 2.24. The largest absolute Gasteiger partial charge is 0.457 e. The fourth-order valence-corrected chi connectivity index (χ4v) is 3.26. The molecule has 0 bridgehead atoms. The Morgan fingerprint density at radius 1 is 1.00 bits per heavy atom. The van der Waals surface area contributed by atoms with Gasteiger partial charge in [-0.25, -0.2) is 0 Å². The first-order chi connectivity index (χ1) is 15.8. The SMILES string of the molecule is Cc1ccc(C(=O)N/C(=C/c2ccc(-c3ccc(Cl)cc3)o2)C(=O)NCCC[NH+](C)C)cc1. The Kier molecular flexibility index (Phi) is 8.46. The molecule has 7 heteroatoms. The van der Waals surface area contributed by atoms with E-state index in [1.54, 1.807) is 30.3 Å². The topological polar surface area (TPSA) is 75.8 Å². The Labute approximate surface area is 199 Å². The van der Waals surface area contributed by atoms with Crippen molar-refractivity contribution >= 4 is 29.5 Å². The molecule has 2 aromatic carbocycles. The zero-order valence-corrected chi connectivity index (χ0v) is 19.8. The van der Waals surface area contributed by atoms with E-state index in [1.165, 1.54) is 11.0 Å². The maximum Gasteiger partial charge on any atom is 0.267 e. The summed E-state index contributed by atoms with van der Waals surface area (Å²) >= 11 is 5.96. The van der Waals surface area contributed by atoms with E-state index in [2.05, 4.69) is 24.7 Å². The summed E-state index contributed by atoms with van der Waals surface area (Å²) in [4.78, 5) is 26.9. The summed E-state index contributed by atoms with van der Waals surface area (Å²) in [7, 11) is 4.12. The van der Waals surface area contributed by atoms with E-state index in [-0.39, 0.29) is 17.5 Å². The Morgan fingerprint density at radius 3 is 2.36 bits per heavy atom. The molecule has 3 aromatic rings. The van der Waals surface area contributed by atoms with Crippen LogP contribution in [0.2, 0.25) is 5.02 Å². The van der Waals surface area contributed by atoms with Crippen molar-refractivity contribution in [1.29, 1.82) is 0 Å². The van der Waals surface area contributed by atoms with E-state index in [0.29, 0.717) is 28.7 Å². The number of quaternary nitrogens is 1. The second kappa shape index (κ2) is 11.5. The standard InChI is InChI=1S/C26H28ClN3O3/c1-18-5-7-20(8-6-18)25(31)29-23(26(32)28-15-4-16-30(2)3)17-22-13-14-24(33-22)19-9-11-21(27)12-10-19/h5-14,17H,4,15-16H2,1-3H3,(H,28,32)(H,29,31)/p+1/b23-17+. The summed E-state index contributed by atoms with van der Waals surface area (Å²) in [6.45, 7) is 3.39. The van der Waals surface area contributed by atoms with Gasteiger partial charge in [0.25, 0.3) is 11.8 Å². The highest BCUT2D eigenvalue weighted by molar-refractivity contribution is 6.30. The number of carbonyl (C=O) groups excluding carboxylic acids is 2. The first-order valence-corrected chi connectivity index (χ1v) is 11.2. The quantitative estimate of drug-likeness (QED) is 0.334. The highest BCUT2D eigenvalue weighted by Gasteiger charge is 2.16. The third kappa shape index (κ3) is 7.34. The molecular weight excluding hydrogens is 438 g/mol. The molecule has 0 atom stereocenters. The van der Waals surface area contributed by atoms with Crippen molar-refractivity contribution in [1.82, 2.24) is 10.6 Å². The highest BCUT2D eigenvalue weighted by atomic mass is 35.5. The van der Waals surface area contributed by atoms with Crippen LogP contribution in [-0.2, 0) is 4.79 Å². The molecule has 6 nitrogen and oxygen atoms in total. The summed E-state index contributed by atoms with van der Waals surface area (Å²) in [5, 5.41) is 6.25. The van der Waals surface area contributed by atoms with Gasteiger partial charge in [0.05, 0.1) is 20.6 Å². The molecule has 0 aliphatic heterocycles. The number of amides is 2. The van der Waals surface area contributed by atoms with Gasteiger partial charge in [-0.15, -0.1) is 0 Å².